The first kappa shape index (κ1) is 21.2. The van der Waals surface area contributed by atoms with E-state index in [1.807, 2.05) is 13.8 Å². The number of ether oxygens (including phenoxy) is 2. The first-order valence-corrected chi connectivity index (χ1v) is 9.98. The smallest absolute Gasteiger partial charge is 0.251 e. The molecule has 2 rings (SSSR count). The second kappa shape index (κ2) is 11.6. The number of benzene rings is 1. The topological polar surface area (TPSA) is 76.7 Å². The van der Waals surface area contributed by atoms with Crippen molar-refractivity contribution in [2.75, 3.05) is 19.7 Å². The lowest BCUT2D eigenvalue weighted by Crippen LogP contribution is -2.37. The van der Waals surface area contributed by atoms with Gasteiger partial charge in [0.25, 0.3) is 5.91 Å². The number of carbonyl (C=O) groups is 2. The van der Waals surface area contributed by atoms with Crippen LogP contribution in [0, 0.1) is 0 Å². The molecule has 1 aromatic rings. The molecule has 1 aliphatic carbocycles. The molecular weight excluding hydrogens is 344 g/mol. The Balaban J connectivity index is 1.57. The van der Waals surface area contributed by atoms with Gasteiger partial charge in [0, 0.05) is 18.7 Å². The number of hydrogen-bond donors (Lipinski definition) is 2. The molecule has 0 aromatic heterocycles. The lowest BCUT2D eigenvalue weighted by atomic mass is 9.98. The molecule has 2 amide bonds. The first-order chi connectivity index (χ1) is 13.0. The van der Waals surface area contributed by atoms with Crippen LogP contribution in [0.1, 0.15) is 62.7 Å². The summed E-state index contributed by atoms with van der Waals surface area (Å²) in [7, 11) is 0. The van der Waals surface area contributed by atoms with Gasteiger partial charge in [-0.25, -0.2) is 0 Å². The number of rotatable bonds is 10. The summed E-state index contributed by atoms with van der Waals surface area (Å²) in [6, 6.07) is 6.88. The maximum Gasteiger partial charge on any atom is 0.251 e. The van der Waals surface area contributed by atoms with Gasteiger partial charge in [-0.2, -0.15) is 0 Å². The molecule has 0 saturated heterocycles. The Labute approximate surface area is 162 Å². The van der Waals surface area contributed by atoms with Crippen LogP contribution in [0.5, 0.6) is 5.75 Å². The van der Waals surface area contributed by atoms with E-state index >= 15 is 0 Å². The summed E-state index contributed by atoms with van der Waals surface area (Å²) in [5.41, 5.74) is 0.500. The van der Waals surface area contributed by atoms with Gasteiger partial charge in [-0.05, 0) is 57.4 Å². The van der Waals surface area contributed by atoms with E-state index in [4.69, 9.17) is 9.47 Å². The molecule has 0 heterocycles. The van der Waals surface area contributed by atoms with Crippen LogP contribution >= 0.6 is 0 Å². The van der Waals surface area contributed by atoms with Crippen molar-refractivity contribution in [2.24, 2.45) is 0 Å². The average molecular weight is 376 g/mol. The lowest BCUT2D eigenvalue weighted by molar-refractivity contribution is -0.120. The highest BCUT2D eigenvalue weighted by molar-refractivity contribution is 5.96. The highest BCUT2D eigenvalue weighted by atomic mass is 16.5. The Morgan fingerprint density at radius 1 is 1.07 bits per heavy atom. The summed E-state index contributed by atoms with van der Waals surface area (Å²) in [5.74, 6) is 0.248. The zero-order chi connectivity index (χ0) is 19.5. The average Bonchev–Trinajstić information content (AvgIpc) is 2.67. The minimum Gasteiger partial charge on any atom is -0.491 e. The van der Waals surface area contributed by atoms with Crippen LogP contribution in [-0.2, 0) is 9.53 Å². The van der Waals surface area contributed by atoms with Crippen LogP contribution in [0.3, 0.4) is 0 Å². The molecule has 6 heteroatoms. The summed E-state index contributed by atoms with van der Waals surface area (Å²) in [4.78, 5) is 23.9. The van der Waals surface area contributed by atoms with Gasteiger partial charge in [-0.1, -0.05) is 19.3 Å². The van der Waals surface area contributed by atoms with E-state index in [1.54, 1.807) is 24.3 Å². The molecule has 1 fully saturated rings. The third-order valence-electron chi connectivity index (χ3n) is 4.45. The van der Waals surface area contributed by atoms with Crippen molar-refractivity contribution in [1.82, 2.24) is 10.6 Å². The van der Waals surface area contributed by atoms with Gasteiger partial charge in [0.1, 0.15) is 5.75 Å². The van der Waals surface area contributed by atoms with E-state index in [9.17, 15) is 9.59 Å². The molecule has 0 aliphatic heterocycles. The van der Waals surface area contributed by atoms with Gasteiger partial charge < -0.3 is 20.1 Å². The van der Waals surface area contributed by atoms with E-state index in [0.717, 1.165) is 25.0 Å². The van der Waals surface area contributed by atoms with Gasteiger partial charge >= 0.3 is 0 Å². The normalized spacial score (nSPS) is 14.8. The fraction of sp³-hybridized carbons (Fsp3) is 0.619. The molecule has 0 bridgehead atoms. The quantitative estimate of drug-likeness (QED) is 0.615. The summed E-state index contributed by atoms with van der Waals surface area (Å²) < 4.78 is 11.4. The van der Waals surface area contributed by atoms with Crippen molar-refractivity contribution in [2.45, 2.75) is 64.6 Å². The zero-order valence-electron chi connectivity index (χ0n) is 16.5. The number of hydrogen-bond acceptors (Lipinski definition) is 4. The summed E-state index contributed by atoms with van der Waals surface area (Å²) >= 11 is 0. The highest BCUT2D eigenvalue weighted by Crippen LogP contribution is 2.20. The molecule has 0 unspecified atom stereocenters. The Kier molecular flexibility index (Phi) is 9.11. The largest absolute Gasteiger partial charge is 0.491 e. The molecule has 1 aromatic carbocycles. The fourth-order valence-electron chi connectivity index (χ4n) is 3.06. The number of nitrogens with one attached hydrogen (secondary N) is 2. The summed E-state index contributed by atoms with van der Waals surface area (Å²) in [6.07, 6.45) is 7.41. The molecule has 6 nitrogen and oxygen atoms in total. The molecule has 1 aliphatic rings. The number of amides is 2. The Bertz CT molecular complexity index is 580. The lowest BCUT2D eigenvalue weighted by Gasteiger charge is -2.21. The predicted octanol–water partition coefficient (Wildman–Crippen LogP) is 3.06. The van der Waals surface area contributed by atoms with Crippen LogP contribution in [0.15, 0.2) is 24.3 Å². The van der Waals surface area contributed by atoms with Gasteiger partial charge in [0.05, 0.1) is 18.8 Å². The second-order valence-corrected chi connectivity index (χ2v) is 7.21. The van der Waals surface area contributed by atoms with Crippen LogP contribution < -0.4 is 15.4 Å². The molecule has 27 heavy (non-hydrogen) atoms. The fourth-order valence-corrected chi connectivity index (χ4v) is 3.06. The van der Waals surface area contributed by atoms with E-state index in [1.165, 1.54) is 19.3 Å². The summed E-state index contributed by atoms with van der Waals surface area (Å²) in [5, 5.41) is 5.43. The van der Waals surface area contributed by atoms with Crippen LogP contribution in [0.25, 0.3) is 0 Å². The first-order valence-electron chi connectivity index (χ1n) is 9.98. The molecule has 0 radical (unpaired) electrons. The van der Waals surface area contributed by atoms with Crippen LogP contribution in [-0.4, -0.2) is 43.7 Å². The molecular formula is C21H32N2O4. The molecule has 2 N–H and O–H groups in total. The van der Waals surface area contributed by atoms with Gasteiger partial charge in [-0.3, -0.25) is 9.59 Å². The monoisotopic (exact) mass is 376 g/mol. The maximum atomic E-state index is 12.1. The van der Waals surface area contributed by atoms with E-state index in [2.05, 4.69) is 10.6 Å². The third-order valence-corrected chi connectivity index (χ3v) is 4.45. The van der Waals surface area contributed by atoms with Crippen molar-refractivity contribution in [1.29, 1.82) is 0 Å². The van der Waals surface area contributed by atoms with Gasteiger partial charge in [0.15, 0.2) is 0 Å². The van der Waals surface area contributed by atoms with Crippen LogP contribution in [0.2, 0.25) is 0 Å². The molecule has 1 saturated carbocycles. The minimum absolute atomic E-state index is 0.0352. The number of carbonyl (C=O) groups excluding carboxylic acids is 2. The minimum atomic E-state index is -0.276. The standard InChI is InChI=1S/C21H32N2O4/c1-16(2)27-19-11-9-17(10-12-19)21(25)23-15-20(24)22-13-6-14-26-18-7-4-3-5-8-18/h9-12,16,18H,3-8,13-15H2,1-2H3,(H,22,24)(H,23,25). The van der Waals surface area contributed by atoms with Gasteiger partial charge in [-0.15, -0.1) is 0 Å². The van der Waals surface area contributed by atoms with E-state index in [0.29, 0.717) is 24.8 Å². The Hall–Kier alpha value is -2.08. The van der Waals surface area contributed by atoms with E-state index < -0.39 is 0 Å². The van der Waals surface area contributed by atoms with Crippen LogP contribution in [0.4, 0.5) is 0 Å². The molecule has 0 spiro atoms. The third kappa shape index (κ3) is 8.43. The molecule has 0 atom stereocenters. The maximum absolute atomic E-state index is 12.1. The summed E-state index contributed by atoms with van der Waals surface area (Å²) in [6.45, 7) is 5.08. The SMILES string of the molecule is CC(C)Oc1ccc(C(=O)NCC(=O)NCCCOC2CCCCC2)cc1. The van der Waals surface area contributed by atoms with Crippen molar-refractivity contribution in [3.8, 4) is 5.75 Å². The zero-order valence-corrected chi connectivity index (χ0v) is 16.5. The second-order valence-electron chi connectivity index (χ2n) is 7.21. The Morgan fingerprint density at radius 3 is 2.44 bits per heavy atom. The van der Waals surface area contributed by atoms with Crippen molar-refractivity contribution < 1.29 is 19.1 Å². The van der Waals surface area contributed by atoms with Crippen molar-refractivity contribution in [3.63, 3.8) is 0 Å². The Morgan fingerprint density at radius 2 is 1.78 bits per heavy atom. The van der Waals surface area contributed by atoms with Crippen molar-refractivity contribution in [3.05, 3.63) is 29.8 Å². The predicted molar refractivity (Wildman–Crippen MR) is 105 cm³/mol. The van der Waals surface area contributed by atoms with E-state index in [-0.39, 0.29) is 24.5 Å². The highest BCUT2D eigenvalue weighted by Gasteiger charge is 2.13. The van der Waals surface area contributed by atoms with Crippen molar-refractivity contribution >= 4 is 11.8 Å². The molecule has 150 valence electrons. The van der Waals surface area contributed by atoms with Gasteiger partial charge in [0.2, 0.25) is 5.91 Å².